The minimum absolute atomic E-state index is 0.169. The average molecular weight is 260 g/mol. The van der Waals surface area contributed by atoms with E-state index >= 15 is 0 Å². The Bertz CT molecular complexity index is 434. The molecule has 0 aromatic heterocycles. The van der Waals surface area contributed by atoms with Crippen LogP contribution in [0.2, 0.25) is 0 Å². The van der Waals surface area contributed by atoms with Gasteiger partial charge in [-0.15, -0.1) is 0 Å². The molecule has 2 atom stereocenters. The van der Waals surface area contributed by atoms with Crippen LogP contribution in [0.15, 0.2) is 24.3 Å². The van der Waals surface area contributed by atoms with Crippen LogP contribution in [0.25, 0.3) is 0 Å². The fraction of sp³-hybridized carbons (Fsp3) is 0.562. The number of carbonyl (C=O) groups excluding carboxylic acids is 1. The Labute approximate surface area is 115 Å². The van der Waals surface area contributed by atoms with Crippen molar-refractivity contribution in [3.8, 4) is 0 Å². The highest BCUT2D eigenvalue weighted by molar-refractivity contribution is 5.95. The standard InChI is InChI=1S/C16H24N2O/c1-12-9-13(2)11-18(10-12)16(19)15-6-4-3-5-14(15)7-8-17/h3-6,12-13H,7-11,17H2,1-2H3. The normalized spacial score (nSPS) is 23.4. The third-order valence-electron chi connectivity index (χ3n) is 3.82. The molecule has 2 unspecified atom stereocenters. The van der Waals surface area contributed by atoms with Gasteiger partial charge < -0.3 is 10.6 Å². The predicted octanol–water partition coefficient (Wildman–Crippen LogP) is 2.31. The van der Waals surface area contributed by atoms with E-state index in [1.54, 1.807) is 0 Å². The average Bonchev–Trinajstić information content (AvgIpc) is 2.38. The molecule has 2 rings (SSSR count). The number of nitrogens with two attached hydrogens (primary N) is 1. The lowest BCUT2D eigenvalue weighted by atomic mass is 9.91. The van der Waals surface area contributed by atoms with E-state index in [0.717, 1.165) is 30.6 Å². The lowest BCUT2D eigenvalue weighted by Crippen LogP contribution is -2.42. The number of carbonyl (C=O) groups is 1. The maximum atomic E-state index is 12.7. The summed E-state index contributed by atoms with van der Waals surface area (Å²) < 4.78 is 0. The van der Waals surface area contributed by atoms with Gasteiger partial charge in [0.05, 0.1) is 0 Å². The number of likely N-dealkylation sites (tertiary alicyclic amines) is 1. The quantitative estimate of drug-likeness (QED) is 0.906. The minimum atomic E-state index is 0.169. The van der Waals surface area contributed by atoms with E-state index in [4.69, 9.17) is 5.73 Å². The van der Waals surface area contributed by atoms with Crippen LogP contribution in [-0.2, 0) is 6.42 Å². The molecule has 104 valence electrons. The SMILES string of the molecule is CC1CC(C)CN(C(=O)c2ccccc2CCN)C1. The zero-order valence-corrected chi connectivity index (χ0v) is 11.9. The molecule has 0 radical (unpaired) electrons. The Morgan fingerprint density at radius 1 is 1.26 bits per heavy atom. The molecule has 1 fully saturated rings. The highest BCUT2D eigenvalue weighted by Gasteiger charge is 2.26. The molecule has 3 heteroatoms. The van der Waals surface area contributed by atoms with Crippen LogP contribution >= 0.6 is 0 Å². The van der Waals surface area contributed by atoms with Crippen LogP contribution in [0, 0.1) is 11.8 Å². The highest BCUT2D eigenvalue weighted by Crippen LogP contribution is 2.23. The molecule has 1 aromatic rings. The summed E-state index contributed by atoms with van der Waals surface area (Å²) in [6.45, 7) is 6.78. The first-order valence-electron chi connectivity index (χ1n) is 7.19. The third-order valence-corrected chi connectivity index (χ3v) is 3.82. The first-order chi connectivity index (χ1) is 9.11. The van der Waals surface area contributed by atoms with Gasteiger partial charge in [-0.3, -0.25) is 4.79 Å². The summed E-state index contributed by atoms with van der Waals surface area (Å²) in [5, 5.41) is 0. The van der Waals surface area contributed by atoms with Gasteiger partial charge in [0.1, 0.15) is 0 Å². The summed E-state index contributed by atoms with van der Waals surface area (Å²) in [6, 6.07) is 7.85. The largest absolute Gasteiger partial charge is 0.338 e. The first-order valence-corrected chi connectivity index (χ1v) is 7.19. The molecule has 0 saturated carbocycles. The fourth-order valence-electron chi connectivity index (χ4n) is 3.10. The van der Waals surface area contributed by atoms with E-state index in [2.05, 4.69) is 13.8 Å². The van der Waals surface area contributed by atoms with Crippen LogP contribution < -0.4 is 5.73 Å². The van der Waals surface area contributed by atoms with Crippen LogP contribution in [0.1, 0.15) is 36.2 Å². The Balaban J connectivity index is 2.19. The summed E-state index contributed by atoms with van der Waals surface area (Å²) in [4.78, 5) is 14.7. The smallest absolute Gasteiger partial charge is 0.254 e. The molecule has 1 aromatic carbocycles. The van der Waals surface area contributed by atoms with Crippen molar-refractivity contribution in [1.29, 1.82) is 0 Å². The van der Waals surface area contributed by atoms with Gasteiger partial charge in [-0.05, 0) is 42.9 Å². The van der Waals surface area contributed by atoms with Crippen molar-refractivity contribution in [2.24, 2.45) is 17.6 Å². The second-order valence-electron chi connectivity index (χ2n) is 5.85. The number of hydrogen-bond donors (Lipinski definition) is 1. The van der Waals surface area contributed by atoms with Crippen molar-refractivity contribution in [3.05, 3.63) is 35.4 Å². The Hall–Kier alpha value is -1.35. The Morgan fingerprint density at radius 2 is 1.89 bits per heavy atom. The number of benzene rings is 1. The van der Waals surface area contributed by atoms with Gasteiger partial charge in [0.15, 0.2) is 0 Å². The second-order valence-corrected chi connectivity index (χ2v) is 5.85. The summed E-state index contributed by atoms with van der Waals surface area (Å²) in [5.74, 6) is 1.35. The highest BCUT2D eigenvalue weighted by atomic mass is 16.2. The minimum Gasteiger partial charge on any atom is -0.338 e. The molecular formula is C16H24N2O. The number of hydrogen-bond acceptors (Lipinski definition) is 2. The molecule has 19 heavy (non-hydrogen) atoms. The summed E-state index contributed by atoms with van der Waals surface area (Å²) in [6.07, 6.45) is 1.98. The van der Waals surface area contributed by atoms with Crippen molar-refractivity contribution in [1.82, 2.24) is 4.90 Å². The van der Waals surface area contributed by atoms with Gasteiger partial charge >= 0.3 is 0 Å². The molecule has 1 aliphatic heterocycles. The van der Waals surface area contributed by atoms with E-state index in [0.29, 0.717) is 18.4 Å². The van der Waals surface area contributed by atoms with Gasteiger partial charge in [-0.1, -0.05) is 32.0 Å². The molecule has 3 nitrogen and oxygen atoms in total. The van der Waals surface area contributed by atoms with Crippen molar-refractivity contribution < 1.29 is 4.79 Å². The first kappa shape index (κ1) is 14.1. The van der Waals surface area contributed by atoms with Crippen LogP contribution in [0.3, 0.4) is 0 Å². The molecule has 1 amide bonds. The van der Waals surface area contributed by atoms with Gasteiger partial charge in [0.25, 0.3) is 5.91 Å². The van der Waals surface area contributed by atoms with Gasteiger partial charge in [-0.25, -0.2) is 0 Å². The van der Waals surface area contributed by atoms with Crippen LogP contribution in [0.5, 0.6) is 0 Å². The molecule has 0 spiro atoms. The van der Waals surface area contributed by atoms with E-state index < -0.39 is 0 Å². The summed E-state index contributed by atoms with van der Waals surface area (Å²) in [7, 11) is 0. The molecule has 0 bridgehead atoms. The van der Waals surface area contributed by atoms with Crippen molar-refractivity contribution in [2.45, 2.75) is 26.7 Å². The molecular weight excluding hydrogens is 236 g/mol. The lowest BCUT2D eigenvalue weighted by molar-refractivity contribution is 0.0622. The second kappa shape index (κ2) is 6.20. The van der Waals surface area contributed by atoms with Gasteiger partial charge in [0.2, 0.25) is 0 Å². The zero-order valence-electron chi connectivity index (χ0n) is 11.9. The summed E-state index contributed by atoms with van der Waals surface area (Å²) in [5.41, 5.74) is 7.53. The van der Waals surface area contributed by atoms with Gasteiger partial charge in [0, 0.05) is 18.7 Å². The molecule has 1 saturated heterocycles. The topological polar surface area (TPSA) is 46.3 Å². The monoisotopic (exact) mass is 260 g/mol. The molecule has 2 N–H and O–H groups in total. The van der Waals surface area contributed by atoms with E-state index in [1.807, 2.05) is 29.2 Å². The van der Waals surface area contributed by atoms with Crippen molar-refractivity contribution in [3.63, 3.8) is 0 Å². The summed E-state index contributed by atoms with van der Waals surface area (Å²) >= 11 is 0. The van der Waals surface area contributed by atoms with Gasteiger partial charge in [-0.2, -0.15) is 0 Å². The Kier molecular flexibility index (Phi) is 4.59. The third kappa shape index (κ3) is 3.35. The van der Waals surface area contributed by atoms with E-state index in [1.165, 1.54) is 6.42 Å². The lowest BCUT2D eigenvalue weighted by Gasteiger charge is -2.35. The van der Waals surface area contributed by atoms with Crippen LogP contribution in [0.4, 0.5) is 0 Å². The van der Waals surface area contributed by atoms with E-state index in [-0.39, 0.29) is 5.91 Å². The fourth-order valence-corrected chi connectivity index (χ4v) is 3.10. The predicted molar refractivity (Wildman–Crippen MR) is 78.0 cm³/mol. The molecule has 0 aliphatic carbocycles. The maximum absolute atomic E-state index is 12.7. The number of piperidine rings is 1. The number of amides is 1. The maximum Gasteiger partial charge on any atom is 0.254 e. The van der Waals surface area contributed by atoms with Crippen molar-refractivity contribution >= 4 is 5.91 Å². The van der Waals surface area contributed by atoms with Crippen molar-refractivity contribution in [2.75, 3.05) is 19.6 Å². The molecule has 1 heterocycles. The Morgan fingerprint density at radius 3 is 2.53 bits per heavy atom. The number of rotatable bonds is 3. The van der Waals surface area contributed by atoms with E-state index in [9.17, 15) is 4.79 Å². The number of nitrogens with zero attached hydrogens (tertiary/aromatic N) is 1. The zero-order chi connectivity index (χ0) is 13.8. The van der Waals surface area contributed by atoms with Crippen LogP contribution in [-0.4, -0.2) is 30.4 Å². The molecule has 1 aliphatic rings.